The van der Waals surface area contributed by atoms with Crippen molar-refractivity contribution in [2.24, 2.45) is 0 Å². The van der Waals surface area contributed by atoms with E-state index in [0.29, 0.717) is 0 Å². The predicted molar refractivity (Wildman–Crippen MR) is 112 cm³/mol. The number of carbonyl (C=O) groups is 2. The molecule has 3 aromatic carbocycles. The molecular weight excluding hydrogens is 348 g/mol. The first-order chi connectivity index (χ1) is 13.5. The molecule has 0 aliphatic heterocycles. The minimum Gasteiger partial charge on any atom is -0.346 e. The normalized spacial score (nSPS) is 10.5. The smallest absolute Gasteiger partial charge is 0.243 e. The lowest BCUT2D eigenvalue weighted by Crippen LogP contribution is -2.36. The van der Waals surface area contributed by atoms with Gasteiger partial charge in [-0.3, -0.25) is 9.59 Å². The molecule has 0 aromatic heterocycles. The van der Waals surface area contributed by atoms with Crippen LogP contribution in [0.15, 0.2) is 78.9 Å². The first-order valence-electron chi connectivity index (χ1n) is 9.29. The second kappa shape index (κ2) is 9.00. The Morgan fingerprint density at radius 2 is 1.39 bits per heavy atom. The van der Waals surface area contributed by atoms with Crippen molar-refractivity contribution >= 4 is 17.5 Å². The first kappa shape index (κ1) is 19.4. The van der Waals surface area contributed by atoms with E-state index in [1.807, 2.05) is 92.7 Å². The fourth-order valence-electron chi connectivity index (χ4n) is 3.20. The van der Waals surface area contributed by atoms with Gasteiger partial charge < -0.3 is 10.6 Å². The minimum atomic E-state index is -0.462. The molecule has 4 nitrogen and oxygen atoms in total. The number of rotatable bonds is 6. The molecule has 28 heavy (non-hydrogen) atoms. The SMILES string of the molecule is Cc1ccc(NC(=O)CNC(=O)C(c2ccccc2)c2ccccc2)c(C)c1. The molecule has 0 aliphatic carbocycles. The van der Waals surface area contributed by atoms with Crippen LogP contribution in [-0.2, 0) is 9.59 Å². The number of nitrogens with one attached hydrogen (secondary N) is 2. The maximum absolute atomic E-state index is 12.9. The van der Waals surface area contributed by atoms with Gasteiger partial charge in [0.2, 0.25) is 11.8 Å². The number of carbonyl (C=O) groups excluding carboxylic acids is 2. The van der Waals surface area contributed by atoms with Crippen LogP contribution in [0.25, 0.3) is 0 Å². The summed E-state index contributed by atoms with van der Waals surface area (Å²) >= 11 is 0. The molecule has 142 valence electrons. The van der Waals surface area contributed by atoms with Crippen LogP contribution in [0.3, 0.4) is 0 Å². The van der Waals surface area contributed by atoms with Crippen molar-refractivity contribution in [1.82, 2.24) is 5.32 Å². The van der Waals surface area contributed by atoms with Crippen LogP contribution in [-0.4, -0.2) is 18.4 Å². The summed E-state index contributed by atoms with van der Waals surface area (Å²) in [7, 11) is 0. The Kier molecular flexibility index (Phi) is 6.22. The second-order valence-corrected chi connectivity index (χ2v) is 6.84. The third kappa shape index (κ3) is 4.86. The van der Waals surface area contributed by atoms with Crippen molar-refractivity contribution in [3.8, 4) is 0 Å². The number of hydrogen-bond acceptors (Lipinski definition) is 2. The average molecular weight is 372 g/mol. The van der Waals surface area contributed by atoms with E-state index in [9.17, 15) is 9.59 Å². The van der Waals surface area contributed by atoms with Gasteiger partial charge in [0, 0.05) is 5.69 Å². The van der Waals surface area contributed by atoms with Crippen LogP contribution in [0, 0.1) is 13.8 Å². The molecule has 2 N–H and O–H groups in total. The molecule has 2 amide bonds. The first-order valence-corrected chi connectivity index (χ1v) is 9.29. The average Bonchev–Trinajstić information content (AvgIpc) is 2.70. The maximum atomic E-state index is 12.9. The second-order valence-electron chi connectivity index (χ2n) is 6.84. The Bertz CT molecular complexity index is 913. The van der Waals surface area contributed by atoms with Gasteiger partial charge >= 0.3 is 0 Å². The van der Waals surface area contributed by atoms with Crippen LogP contribution >= 0.6 is 0 Å². The summed E-state index contributed by atoms with van der Waals surface area (Å²) in [5.41, 5.74) is 4.66. The van der Waals surface area contributed by atoms with E-state index in [4.69, 9.17) is 0 Å². The van der Waals surface area contributed by atoms with Gasteiger partial charge in [-0.2, -0.15) is 0 Å². The summed E-state index contributed by atoms with van der Waals surface area (Å²) < 4.78 is 0. The lowest BCUT2D eigenvalue weighted by atomic mass is 9.90. The molecule has 3 aromatic rings. The Morgan fingerprint density at radius 1 is 0.821 bits per heavy atom. The van der Waals surface area contributed by atoms with E-state index in [1.165, 1.54) is 0 Å². The van der Waals surface area contributed by atoms with Crippen LogP contribution in [0.2, 0.25) is 0 Å². The molecule has 0 spiro atoms. The van der Waals surface area contributed by atoms with E-state index < -0.39 is 5.92 Å². The number of amides is 2. The molecular formula is C24H24N2O2. The molecule has 3 rings (SSSR count). The van der Waals surface area contributed by atoms with Gasteiger partial charge in [-0.05, 0) is 36.6 Å². The third-order valence-corrected chi connectivity index (χ3v) is 4.61. The Balaban J connectivity index is 1.69. The zero-order chi connectivity index (χ0) is 19.9. The molecule has 0 radical (unpaired) electrons. The lowest BCUT2D eigenvalue weighted by molar-refractivity contribution is -0.124. The Morgan fingerprint density at radius 3 is 1.93 bits per heavy atom. The lowest BCUT2D eigenvalue weighted by Gasteiger charge is -2.18. The Hall–Kier alpha value is -3.40. The monoisotopic (exact) mass is 372 g/mol. The highest BCUT2D eigenvalue weighted by molar-refractivity contribution is 5.96. The van der Waals surface area contributed by atoms with E-state index in [2.05, 4.69) is 10.6 Å². The van der Waals surface area contributed by atoms with Gasteiger partial charge in [0.25, 0.3) is 0 Å². The molecule has 0 aliphatic rings. The van der Waals surface area contributed by atoms with E-state index >= 15 is 0 Å². The van der Waals surface area contributed by atoms with Crippen LogP contribution in [0.5, 0.6) is 0 Å². The molecule has 0 saturated carbocycles. The van der Waals surface area contributed by atoms with Gasteiger partial charge in [0.15, 0.2) is 0 Å². The van der Waals surface area contributed by atoms with Crippen molar-refractivity contribution in [3.05, 3.63) is 101 Å². The van der Waals surface area contributed by atoms with Crippen molar-refractivity contribution in [2.75, 3.05) is 11.9 Å². The van der Waals surface area contributed by atoms with Gasteiger partial charge in [-0.25, -0.2) is 0 Å². The zero-order valence-corrected chi connectivity index (χ0v) is 16.1. The third-order valence-electron chi connectivity index (χ3n) is 4.61. The molecule has 0 atom stereocenters. The van der Waals surface area contributed by atoms with Crippen LogP contribution < -0.4 is 10.6 Å². The van der Waals surface area contributed by atoms with Crippen molar-refractivity contribution in [1.29, 1.82) is 0 Å². The van der Waals surface area contributed by atoms with Crippen LogP contribution in [0.4, 0.5) is 5.69 Å². The van der Waals surface area contributed by atoms with E-state index in [1.54, 1.807) is 0 Å². The Labute approximate surface area is 165 Å². The van der Waals surface area contributed by atoms with E-state index in [0.717, 1.165) is 27.9 Å². The van der Waals surface area contributed by atoms with Crippen molar-refractivity contribution < 1.29 is 9.59 Å². The highest BCUT2D eigenvalue weighted by atomic mass is 16.2. The summed E-state index contributed by atoms with van der Waals surface area (Å²) in [6, 6.07) is 25.0. The molecule has 0 fully saturated rings. The summed E-state index contributed by atoms with van der Waals surface area (Å²) in [5, 5.41) is 5.64. The summed E-state index contributed by atoms with van der Waals surface area (Å²) in [4.78, 5) is 25.2. The minimum absolute atomic E-state index is 0.0810. The number of hydrogen-bond donors (Lipinski definition) is 2. The predicted octanol–water partition coefficient (Wildman–Crippen LogP) is 4.19. The molecule has 0 unspecified atom stereocenters. The largest absolute Gasteiger partial charge is 0.346 e. The number of anilines is 1. The fourth-order valence-corrected chi connectivity index (χ4v) is 3.20. The fraction of sp³-hybridized carbons (Fsp3) is 0.167. The van der Waals surface area contributed by atoms with Gasteiger partial charge in [-0.15, -0.1) is 0 Å². The number of aryl methyl sites for hydroxylation is 2. The topological polar surface area (TPSA) is 58.2 Å². The summed E-state index contributed by atoms with van der Waals surface area (Å²) in [6.45, 7) is 3.87. The van der Waals surface area contributed by atoms with Gasteiger partial charge in [-0.1, -0.05) is 78.4 Å². The zero-order valence-electron chi connectivity index (χ0n) is 16.1. The number of benzene rings is 3. The highest BCUT2D eigenvalue weighted by Gasteiger charge is 2.22. The van der Waals surface area contributed by atoms with Gasteiger partial charge in [0.1, 0.15) is 0 Å². The summed E-state index contributed by atoms with van der Waals surface area (Å²) in [5.74, 6) is -0.912. The maximum Gasteiger partial charge on any atom is 0.243 e. The molecule has 0 bridgehead atoms. The highest BCUT2D eigenvalue weighted by Crippen LogP contribution is 2.24. The standard InChI is InChI=1S/C24H24N2O2/c1-17-13-14-21(18(2)15-17)26-22(27)16-25-24(28)23(19-9-5-3-6-10-19)20-11-7-4-8-12-20/h3-15,23H,16H2,1-2H3,(H,25,28)(H,26,27). The van der Waals surface area contributed by atoms with Crippen molar-refractivity contribution in [3.63, 3.8) is 0 Å². The molecule has 0 heterocycles. The molecule has 0 saturated heterocycles. The van der Waals surface area contributed by atoms with Crippen molar-refractivity contribution in [2.45, 2.75) is 19.8 Å². The van der Waals surface area contributed by atoms with Gasteiger partial charge in [0.05, 0.1) is 12.5 Å². The summed E-state index contributed by atoms with van der Waals surface area (Å²) in [6.07, 6.45) is 0. The van der Waals surface area contributed by atoms with Crippen LogP contribution in [0.1, 0.15) is 28.2 Å². The quantitative estimate of drug-likeness (QED) is 0.682. The van der Waals surface area contributed by atoms with E-state index in [-0.39, 0.29) is 18.4 Å². The molecule has 4 heteroatoms.